The van der Waals surface area contributed by atoms with Gasteiger partial charge in [-0.05, 0) is 24.4 Å². The van der Waals surface area contributed by atoms with Crippen molar-refractivity contribution in [1.82, 2.24) is 5.32 Å². The molecule has 0 bridgehead atoms. The molecular formula is C13H21NO. The van der Waals surface area contributed by atoms with Crippen molar-refractivity contribution in [3.63, 3.8) is 0 Å². The first-order valence-electron chi connectivity index (χ1n) is 5.56. The summed E-state index contributed by atoms with van der Waals surface area (Å²) < 4.78 is 4.98. The number of nitrogens with one attached hydrogen (secondary N) is 1. The van der Waals surface area contributed by atoms with E-state index in [-0.39, 0.29) is 0 Å². The molecule has 0 fully saturated rings. The average Bonchev–Trinajstić information content (AvgIpc) is 2.26. The Labute approximate surface area is 92.6 Å². The van der Waals surface area contributed by atoms with Crippen LogP contribution in [0.4, 0.5) is 0 Å². The predicted molar refractivity (Wildman–Crippen MR) is 64.1 cm³/mol. The molecule has 0 aliphatic carbocycles. The highest BCUT2D eigenvalue weighted by atomic mass is 16.5. The van der Waals surface area contributed by atoms with Crippen molar-refractivity contribution in [1.29, 1.82) is 0 Å². The molecule has 1 atom stereocenters. The van der Waals surface area contributed by atoms with Crippen molar-refractivity contribution in [2.45, 2.75) is 13.3 Å². The Balaban J connectivity index is 2.16. The van der Waals surface area contributed by atoms with E-state index in [9.17, 15) is 0 Å². The summed E-state index contributed by atoms with van der Waals surface area (Å²) in [5.41, 5.74) is 1.42. The van der Waals surface area contributed by atoms with E-state index in [0.717, 1.165) is 26.1 Å². The van der Waals surface area contributed by atoms with Crippen LogP contribution in [0.3, 0.4) is 0 Å². The van der Waals surface area contributed by atoms with E-state index < -0.39 is 0 Å². The predicted octanol–water partition coefficient (Wildman–Crippen LogP) is 2.10. The number of methoxy groups -OCH3 is 1. The van der Waals surface area contributed by atoms with E-state index in [1.54, 1.807) is 7.11 Å². The lowest BCUT2D eigenvalue weighted by Crippen LogP contribution is -2.25. The molecule has 0 aliphatic heterocycles. The molecule has 0 aliphatic rings. The molecule has 15 heavy (non-hydrogen) atoms. The summed E-state index contributed by atoms with van der Waals surface area (Å²) in [6.45, 7) is 5.05. The minimum Gasteiger partial charge on any atom is -0.383 e. The highest BCUT2D eigenvalue weighted by Crippen LogP contribution is 2.06. The Bertz CT molecular complexity index is 248. The molecule has 1 aromatic rings. The van der Waals surface area contributed by atoms with Crippen molar-refractivity contribution in [2.75, 3.05) is 26.8 Å². The number of ether oxygens (including phenoxy) is 1. The Morgan fingerprint density at radius 1 is 1.27 bits per heavy atom. The van der Waals surface area contributed by atoms with E-state index >= 15 is 0 Å². The quantitative estimate of drug-likeness (QED) is 0.691. The molecule has 0 radical (unpaired) electrons. The zero-order chi connectivity index (χ0) is 10.9. The van der Waals surface area contributed by atoms with Gasteiger partial charge in [0.15, 0.2) is 0 Å². The van der Waals surface area contributed by atoms with E-state index in [0.29, 0.717) is 5.92 Å². The van der Waals surface area contributed by atoms with Crippen molar-refractivity contribution in [2.24, 2.45) is 5.92 Å². The highest BCUT2D eigenvalue weighted by molar-refractivity contribution is 5.15. The van der Waals surface area contributed by atoms with Crippen molar-refractivity contribution < 1.29 is 4.74 Å². The van der Waals surface area contributed by atoms with E-state index in [1.165, 1.54) is 5.56 Å². The molecule has 84 valence electrons. The Kier molecular flexibility index (Phi) is 6.05. The fourth-order valence-corrected chi connectivity index (χ4v) is 1.61. The van der Waals surface area contributed by atoms with E-state index in [2.05, 4.69) is 42.6 Å². The molecule has 1 rings (SSSR count). The van der Waals surface area contributed by atoms with Crippen molar-refractivity contribution >= 4 is 0 Å². The first-order valence-corrected chi connectivity index (χ1v) is 5.56. The van der Waals surface area contributed by atoms with Crippen LogP contribution < -0.4 is 5.32 Å². The summed E-state index contributed by atoms with van der Waals surface area (Å²) in [7, 11) is 1.73. The molecule has 0 heterocycles. The second kappa shape index (κ2) is 7.43. The molecule has 1 unspecified atom stereocenters. The number of rotatable bonds is 7. The Morgan fingerprint density at radius 3 is 2.67 bits per heavy atom. The van der Waals surface area contributed by atoms with Crippen molar-refractivity contribution in [3.05, 3.63) is 35.9 Å². The second-order valence-electron chi connectivity index (χ2n) is 3.99. The van der Waals surface area contributed by atoms with Gasteiger partial charge in [-0.25, -0.2) is 0 Å². The zero-order valence-corrected chi connectivity index (χ0v) is 9.70. The van der Waals surface area contributed by atoms with Gasteiger partial charge >= 0.3 is 0 Å². The van der Waals surface area contributed by atoms with E-state index in [1.807, 2.05) is 0 Å². The van der Waals surface area contributed by atoms with E-state index in [4.69, 9.17) is 4.74 Å². The third-order valence-corrected chi connectivity index (χ3v) is 2.40. The molecule has 1 aromatic carbocycles. The Morgan fingerprint density at radius 2 is 2.00 bits per heavy atom. The molecule has 0 saturated carbocycles. The number of hydrogen-bond acceptors (Lipinski definition) is 2. The standard InChI is InChI=1S/C13H21NO/c1-12(11-14-8-9-15-2)10-13-6-4-3-5-7-13/h3-7,12,14H,8-11H2,1-2H3. The minimum absolute atomic E-state index is 0.671. The molecule has 1 N–H and O–H groups in total. The summed E-state index contributed by atoms with van der Waals surface area (Å²) in [5, 5.41) is 3.38. The van der Waals surface area contributed by atoms with Crippen LogP contribution in [-0.4, -0.2) is 26.8 Å². The topological polar surface area (TPSA) is 21.3 Å². The van der Waals surface area contributed by atoms with Gasteiger partial charge in [0.2, 0.25) is 0 Å². The van der Waals surface area contributed by atoms with Gasteiger partial charge in [-0.15, -0.1) is 0 Å². The smallest absolute Gasteiger partial charge is 0.0587 e. The van der Waals surface area contributed by atoms with Gasteiger partial charge in [0.1, 0.15) is 0 Å². The molecule has 0 amide bonds. The van der Waals surface area contributed by atoms with Gasteiger partial charge < -0.3 is 10.1 Å². The summed E-state index contributed by atoms with van der Waals surface area (Å²) in [6.07, 6.45) is 1.14. The van der Waals surface area contributed by atoms with Crippen LogP contribution >= 0.6 is 0 Å². The third-order valence-electron chi connectivity index (χ3n) is 2.40. The lowest BCUT2D eigenvalue weighted by atomic mass is 10.0. The molecule has 2 heteroatoms. The first-order chi connectivity index (χ1) is 7.33. The maximum absolute atomic E-state index is 4.98. The largest absolute Gasteiger partial charge is 0.383 e. The lowest BCUT2D eigenvalue weighted by molar-refractivity contribution is 0.198. The minimum atomic E-state index is 0.671. The SMILES string of the molecule is COCCNCC(C)Cc1ccccc1. The maximum atomic E-state index is 4.98. The van der Waals surface area contributed by atoms with Gasteiger partial charge in [0.25, 0.3) is 0 Å². The summed E-state index contributed by atoms with van der Waals surface area (Å²) in [5.74, 6) is 0.671. The van der Waals surface area contributed by atoms with Gasteiger partial charge in [-0.1, -0.05) is 37.3 Å². The normalized spacial score (nSPS) is 12.7. The molecule has 0 spiro atoms. The lowest BCUT2D eigenvalue weighted by Gasteiger charge is -2.12. The van der Waals surface area contributed by atoms with Crippen LogP contribution in [0.25, 0.3) is 0 Å². The van der Waals surface area contributed by atoms with Crippen LogP contribution in [0.5, 0.6) is 0 Å². The third kappa shape index (κ3) is 5.55. The van der Waals surface area contributed by atoms with Gasteiger partial charge in [0.05, 0.1) is 6.61 Å². The maximum Gasteiger partial charge on any atom is 0.0587 e. The van der Waals surface area contributed by atoms with Crippen molar-refractivity contribution in [3.8, 4) is 0 Å². The Hall–Kier alpha value is -0.860. The average molecular weight is 207 g/mol. The zero-order valence-electron chi connectivity index (χ0n) is 9.70. The highest BCUT2D eigenvalue weighted by Gasteiger charge is 2.02. The van der Waals surface area contributed by atoms with Crippen LogP contribution in [0.1, 0.15) is 12.5 Å². The summed E-state index contributed by atoms with van der Waals surface area (Å²) in [4.78, 5) is 0. The second-order valence-corrected chi connectivity index (χ2v) is 3.99. The fourth-order valence-electron chi connectivity index (χ4n) is 1.61. The molecule has 2 nitrogen and oxygen atoms in total. The van der Waals surface area contributed by atoms with Crippen LogP contribution in [0.15, 0.2) is 30.3 Å². The van der Waals surface area contributed by atoms with Gasteiger partial charge in [0, 0.05) is 13.7 Å². The summed E-state index contributed by atoms with van der Waals surface area (Å²) in [6, 6.07) is 10.6. The summed E-state index contributed by atoms with van der Waals surface area (Å²) >= 11 is 0. The molecule has 0 saturated heterocycles. The number of benzene rings is 1. The number of hydrogen-bond donors (Lipinski definition) is 1. The fraction of sp³-hybridized carbons (Fsp3) is 0.538. The van der Waals surface area contributed by atoms with Crippen LogP contribution in [0.2, 0.25) is 0 Å². The molecular weight excluding hydrogens is 186 g/mol. The van der Waals surface area contributed by atoms with Gasteiger partial charge in [-0.3, -0.25) is 0 Å². The first kappa shape index (κ1) is 12.2. The van der Waals surface area contributed by atoms with Crippen LogP contribution in [0, 0.1) is 5.92 Å². The van der Waals surface area contributed by atoms with Gasteiger partial charge in [-0.2, -0.15) is 0 Å². The van der Waals surface area contributed by atoms with Crippen LogP contribution in [-0.2, 0) is 11.2 Å². The molecule has 0 aromatic heterocycles. The monoisotopic (exact) mass is 207 g/mol.